The van der Waals surface area contributed by atoms with Gasteiger partial charge in [0.1, 0.15) is 0 Å². The molecule has 0 aliphatic heterocycles. The van der Waals surface area contributed by atoms with Gasteiger partial charge >= 0.3 is 0 Å². The minimum atomic E-state index is 0.0410. The Hall–Kier alpha value is -2.40. The highest BCUT2D eigenvalue weighted by atomic mass is 16.5. The predicted octanol–water partition coefficient (Wildman–Crippen LogP) is 2.47. The fourth-order valence-corrected chi connectivity index (χ4v) is 2.71. The van der Waals surface area contributed by atoms with Crippen LogP contribution in [0.2, 0.25) is 0 Å². The lowest BCUT2D eigenvalue weighted by Gasteiger charge is -2.16. The Labute approximate surface area is 128 Å². The maximum atomic E-state index is 12.5. The van der Waals surface area contributed by atoms with Crippen LogP contribution in [-0.2, 0) is 20.1 Å². The largest absolute Gasteiger partial charge is 0.360 e. The van der Waals surface area contributed by atoms with E-state index in [2.05, 4.69) is 5.16 Å². The van der Waals surface area contributed by atoms with Crippen LogP contribution in [0.25, 0.3) is 10.9 Å². The van der Waals surface area contributed by atoms with Gasteiger partial charge in [0.05, 0.1) is 17.8 Å². The molecule has 0 fully saturated rings. The van der Waals surface area contributed by atoms with Gasteiger partial charge in [-0.15, -0.1) is 0 Å². The van der Waals surface area contributed by atoms with Crippen molar-refractivity contribution in [3.8, 4) is 0 Å². The molecule has 0 atom stereocenters. The first-order valence-corrected chi connectivity index (χ1v) is 7.23. The highest BCUT2D eigenvalue weighted by Crippen LogP contribution is 2.14. The lowest BCUT2D eigenvalue weighted by molar-refractivity contribution is 0.265. The zero-order valence-electron chi connectivity index (χ0n) is 13.0. The van der Waals surface area contributed by atoms with E-state index in [-0.39, 0.29) is 5.56 Å². The Kier molecular flexibility index (Phi) is 3.81. The molecule has 0 aliphatic carbocycles. The Morgan fingerprint density at radius 3 is 2.73 bits per heavy atom. The molecule has 0 unspecified atom stereocenters. The lowest BCUT2D eigenvalue weighted by Crippen LogP contribution is -2.26. The molecule has 0 saturated carbocycles. The van der Waals surface area contributed by atoms with Crippen molar-refractivity contribution in [2.24, 2.45) is 7.05 Å². The van der Waals surface area contributed by atoms with Crippen molar-refractivity contribution in [1.82, 2.24) is 14.6 Å². The van der Waals surface area contributed by atoms with E-state index in [1.165, 1.54) is 0 Å². The number of pyridine rings is 1. The van der Waals surface area contributed by atoms with Crippen molar-refractivity contribution >= 4 is 10.9 Å². The first kappa shape index (κ1) is 14.5. The summed E-state index contributed by atoms with van der Waals surface area (Å²) in [6.07, 6.45) is 0. The minimum Gasteiger partial charge on any atom is -0.360 e. The first-order chi connectivity index (χ1) is 10.5. The molecule has 2 heterocycles. The van der Waals surface area contributed by atoms with Crippen molar-refractivity contribution < 1.29 is 4.52 Å². The Balaban J connectivity index is 1.87. The average Bonchev–Trinajstić information content (AvgIpc) is 2.89. The van der Waals surface area contributed by atoms with Gasteiger partial charge < -0.3 is 9.09 Å². The van der Waals surface area contributed by atoms with Gasteiger partial charge in [-0.05, 0) is 31.5 Å². The third-order valence-electron chi connectivity index (χ3n) is 3.75. The van der Waals surface area contributed by atoms with Crippen LogP contribution in [0.3, 0.4) is 0 Å². The van der Waals surface area contributed by atoms with E-state index >= 15 is 0 Å². The van der Waals surface area contributed by atoms with E-state index < -0.39 is 0 Å². The molecule has 1 aromatic carbocycles. The van der Waals surface area contributed by atoms with Crippen LogP contribution < -0.4 is 5.56 Å². The number of aromatic nitrogens is 2. The summed E-state index contributed by atoms with van der Waals surface area (Å²) in [5.74, 6) is 0.803. The second-order valence-electron chi connectivity index (χ2n) is 5.70. The quantitative estimate of drug-likeness (QED) is 0.742. The molecule has 0 N–H and O–H groups in total. The number of fused-ring (bicyclic) bond motifs is 1. The van der Waals surface area contributed by atoms with Gasteiger partial charge in [-0.3, -0.25) is 9.69 Å². The van der Waals surface area contributed by atoms with E-state index in [1.807, 2.05) is 62.3 Å². The summed E-state index contributed by atoms with van der Waals surface area (Å²) < 4.78 is 6.93. The van der Waals surface area contributed by atoms with Gasteiger partial charge in [0.2, 0.25) is 0 Å². The maximum absolute atomic E-state index is 12.5. The van der Waals surface area contributed by atoms with Gasteiger partial charge in [-0.1, -0.05) is 23.4 Å². The highest BCUT2D eigenvalue weighted by Gasteiger charge is 2.11. The second kappa shape index (κ2) is 5.77. The predicted molar refractivity (Wildman–Crippen MR) is 85.6 cm³/mol. The number of hydrogen-bond donors (Lipinski definition) is 0. The number of aryl methyl sites for hydroxylation is 2. The van der Waals surface area contributed by atoms with Crippen LogP contribution in [0.4, 0.5) is 0 Å². The summed E-state index contributed by atoms with van der Waals surface area (Å²) in [6.45, 7) is 3.08. The van der Waals surface area contributed by atoms with Crippen LogP contribution in [0.1, 0.15) is 17.0 Å². The SMILES string of the molecule is Cc1cc(CN(C)Cc2cc3ccccc3n(C)c2=O)on1. The van der Waals surface area contributed by atoms with Crippen LogP contribution in [-0.4, -0.2) is 21.7 Å². The fourth-order valence-electron chi connectivity index (χ4n) is 2.71. The molecule has 0 aliphatic rings. The van der Waals surface area contributed by atoms with Gasteiger partial charge in [0.15, 0.2) is 5.76 Å². The van der Waals surface area contributed by atoms with Gasteiger partial charge in [-0.2, -0.15) is 0 Å². The van der Waals surface area contributed by atoms with Crippen molar-refractivity contribution in [3.05, 3.63) is 63.8 Å². The van der Waals surface area contributed by atoms with Crippen molar-refractivity contribution in [2.75, 3.05) is 7.05 Å². The molecule has 22 heavy (non-hydrogen) atoms. The maximum Gasteiger partial charge on any atom is 0.255 e. The zero-order chi connectivity index (χ0) is 15.7. The average molecular weight is 297 g/mol. The summed E-state index contributed by atoms with van der Waals surface area (Å²) in [7, 11) is 3.78. The monoisotopic (exact) mass is 297 g/mol. The number of para-hydroxylation sites is 1. The van der Waals surface area contributed by atoms with Crippen LogP contribution in [0, 0.1) is 6.92 Å². The Bertz CT molecular complexity index is 864. The highest BCUT2D eigenvalue weighted by molar-refractivity contribution is 5.79. The first-order valence-electron chi connectivity index (χ1n) is 7.23. The molecule has 5 heteroatoms. The lowest BCUT2D eigenvalue weighted by atomic mass is 10.1. The van der Waals surface area contributed by atoms with E-state index in [0.717, 1.165) is 27.9 Å². The molecule has 0 spiro atoms. The molecular weight excluding hydrogens is 278 g/mol. The Morgan fingerprint density at radius 2 is 2.00 bits per heavy atom. The molecule has 114 valence electrons. The van der Waals surface area contributed by atoms with Crippen molar-refractivity contribution in [1.29, 1.82) is 0 Å². The number of hydrogen-bond acceptors (Lipinski definition) is 4. The van der Waals surface area contributed by atoms with Gasteiger partial charge in [0, 0.05) is 25.2 Å². The van der Waals surface area contributed by atoms with Crippen molar-refractivity contribution in [2.45, 2.75) is 20.0 Å². The Morgan fingerprint density at radius 1 is 1.23 bits per heavy atom. The van der Waals surface area contributed by atoms with Crippen LogP contribution in [0.5, 0.6) is 0 Å². The molecule has 3 aromatic rings. The van der Waals surface area contributed by atoms with Crippen LogP contribution in [0.15, 0.2) is 45.7 Å². The molecule has 3 rings (SSSR count). The molecule has 0 radical (unpaired) electrons. The summed E-state index contributed by atoms with van der Waals surface area (Å²) >= 11 is 0. The zero-order valence-corrected chi connectivity index (χ0v) is 13.0. The van der Waals surface area contributed by atoms with E-state index in [4.69, 9.17) is 4.52 Å². The number of nitrogens with zero attached hydrogens (tertiary/aromatic N) is 3. The van der Waals surface area contributed by atoms with Crippen LogP contribution >= 0.6 is 0 Å². The number of rotatable bonds is 4. The molecule has 0 saturated heterocycles. The normalized spacial score (nSPS) is 11.5. The smallest absolute Gasteiger partial charge is 0.255 e. The summed E-state index contributed by atoms with van der Waals surface area (Å²) in [6, 6.07) is 11.8. The standard InChI is InChI=1S/C17H19N3O2/c1-12-8-15(22-18-12)11-19(2)10-14-9-13-6-4-5-7-16(13)20(3)17(14)21/h4-9H,10-11H2,1-3H3. The molecule has 0 amide bonds. The topological polar surface area (TPSA) is 51.3 Å². The van der Waals surface area contributed by atoms with E-state index in [1.54, 1.807) is 4.57 Å². The third kappa shape index (κ3) is 2.80. The molecule has 2 aromatic heterocycles. The summed E-state index contributed by atoms with van der Waals surface area (Å²) in [5.41, 5.74) is 2.63. The molecule has 0 bridgehead atoms. The molecule has 5 nitrogen and oxygen atoms in total. The van der Waals surface area contributed by atoms with E-state index in [9.17, 15) is 4.79 Å². The van der Waals surface area contributed by atoms with E-state index in [0.29, 0.717) is 13.1 Å². The fraction of sp³-hybridized carbons (Fsp3) is 0.294. The summed E-state index contributed by atoms with van der Waals surface area (Å²) in [5, 5.41) is 4.95. The van der Waals surface area contributed by atoms with Crippen molar-refractivity contribution in [3.63, 3.8) is 0 Å². The minimum absolute atomic E-state index is 0.0410. The number of benzene rings is 1. The van der Waals surface area contributed by atoms with Gasteiger partial charge in [0.25, 0.3) is 5.56 Å². The second-order valence-corrected chi connectivity index (χ2v) is 5.70. The molecular formula is C17H19N3O2. The third-order valence-corrected chi connectivity index (χ3v) is 3.75. The van der Waals surface area contributed by atoms with Gasteiger partial charge in [-0.25, -0.2) is 0 Å². The summed E-state index contributed by atoms with van der Waals surface area (Å²) in [4.78, 5) is 14.5.